The number of rotatable bonds is 5. The van der Waals surface area contributed by atoms with Gasteiger partial charge in [0.1, 0.15) is 5.82 Å². The summed E-state index contributed by atoms with van der Waals surface area (Å²) >= 11 is 1.53. The average molecular weight is 531 g/mol. The Balaban J connectivity index is 1.42. The second kappa shape index (κ2) is 9.34. The molecule has 36 heavy (non-hydrogen) atoms. The number of hydrogen-bond acceptors (Lipinski definition) is 8. The number of piperazine rings is 1. The number of aromatic amines is 1. The Morgan fingerprint density at radius 3 is 2.61 bits per heavy atom. The molecule has 1 aromatic carbocycles. The van der Waals surface area contributed by atoms with Crippen molar-refractivity contribution in [1.82, 2.24) is 24.2 Å². The Bertz CT molecular complexity index is 1520. The number of morpholine rings is 1. The molecule has 2 saturated heterocycles. The summed E-state index contributed by atoms with van der Waals surface area (Å²) in [4.78, 5) is 17.4. The van der Waals surface area contributed by atoms with Crippen LogP contribution in [0.5, 0.6) is 0 Å². The molecule has 0 radical (unpaired) electrons. The van der Waals surface area contributed by atoms with E-state index in [9.17, 15) is 8.42 Å². The van der Waals surface area contributed by atoms with E-state index in [1.54, 1.807) is 6.07 Å². The molecule has 0 unspecified atom stereocenters. The van der Waals surface area contributed by atoms with Crippen molar-refractivity contribution in [3.05, 3.63) is 41.2 Å². The predicted octanol–water partition coefficient (Wildman–Crippen LogP) is 2.89. The molecule has 12 heteroatoms. The molecule has 2 aliphatic heterocycles. The van der Waals surface area contributed by atoms with Gasteiger partial charge in [-0.1, -0.05) is 0 Å². The summed E-state index contributed by atoms with van der Waals surface area (Å²) in [5.74, 6) is 0.260. The van der Waals surface area contributed by atoms with Crippen LogP contribution in [0.25, 0.3) is 32.4 Å². The molecular formula is C24H27FN6O3S2. The van der Waals surface area contributed by atoms with Crippen molar-refractivity contribution in [2.45, 2.75) is 6.54 Å². The summed E-state index contributed by atoms with van der Waals surface area (Å²) in [5.41, 5.74) is 3.80. The van der Waals surface area contributed by atoms with Crippen LogP contribution in [0.1, 0.15) is 5.56 Å². The van der Waals surface area contributed by atoms with Gasteiger partial charge in [-0.05, 0) is 23.6 Å². The first kappa shape index (κ1) is 23.7. The lowest BCUT2D eigenvalue weighted by atomic mass is 10.0. The van der Waals surface area contributed by atoms with Crippen LogP contribution in [-0.4, -0.2) is 91.3 Å². The van der Waals surface area contributed by atoms with Gasteiger partial charge in [0, 0.05) is 74.0 Å². The van der Waals surface area contributed by atoms with Gasteiger partial charge in [0.25, 0.3) is 0 Å². The summed E-state index contributed by atoms with van der Waals surface area (Å²) in [6, 6.07) is 5.10. The standard InChI is InChI=1S/C24H27FN6O3S2/c1-36(32,33)31-8-6-29(7-9-31)14-16-15-35-23-21(16)27-24(30-10-12-34-13-11-30)28-22(23)20-17-4-5-26-19(17)3-2-18(20)25/h2-5,15,26H,6-14H2,1H3. The van der Waals surface area contributed by atoms with Gasteiger partial charge in [-0.25, -0.2) is 22.8 Å². The van der Waals surface area contributed by atoms with E-state index < -0.39 is 10.0 Å². The van der Waals surface area contributed by atoms with Gasteiger partial charge >= 0.3 is 0 Å². The highest BCUT2D eigenvalue weighted by Gasteiger charge is 2.26. The number of anilines is 1. The maximum Gasteiger partial charge on any atom is 0.226 e. The number of halogens is 1. The van der Waals surface area contributed by atoms with E-state index in [2.05, 4.69) is 20.2 Å². The number of H-pyrrole nitrogens is 1. The smallest absolute Gasteiger partial charge is 0.226 e. The minimum Gasteiger partial charge on any atom is -0.378 e. The molecule has 4 aromatic rings. The van der Waals surface area contributed by atoms with Crippen molar-refractivity contribution < 1.29 is 17.5 Å². The SMILES string of the molecule is CS(=O)(=O)N1CCN(Cc2csc3c(-c4c(F)ccc5[nH]ccc45)nc(N4CCOCC4)nc23)CC1. The van der Waals surface area contributed by atoms with Gasteiger partial charge in [0.2, 0.25) is 16.0 Å². The molecule has 6 rings (SSSR count). The first-order chi connectivity index (χ1) is 17.4. The maximum atomic E-state index is 15.3. The maximum absolute atomic E-state index is 15.3. The molecule has 1 N–H and O–H groups in total. The van der Waals surface area contributed by atoms with Gasteiger partial charge in [0.15, 0.2) is 0 Å². The molecule has 9 nitrogen and oxygen atoms in total. The molecule has 5 heterocycles. The topological polar surface area (TPSA) is 94.7 Å². The van der Waals surface area contributed by atoms with Crippen LogP contribution in [0.3, 0.4) is 0 Å². The van der Waals surface area contributed by atoms with E-state index in [1.165, 1.54) is 28.0 Å². The first-order valence-electron chi connectivity index (χ1n) is 11.9. The van der Waals surface area contributed by atoms with Gasteiger partial charge in [-0.15, -0.1) is 11.3 Å². The van der Waals surface area contributed by atoms with Gasteiger partial charge in [-0.2, -0.15) is 4.31 Å². The van der Waals surface area contributed by atoms with Crippen LogP contribution in [0.4, 0.5) is 10.3 Å². The molecule has 0 atom stereocenters. The minimum absolute atomic E-state index is 0.318. The highest BCUT2D eigenvalue weighted by Crippen LogP contribution is 2.39. The van der Waals surface area contributed by atoms with Crippen LogP contribution in [0, 0.1) is 5.82 Å². The van der Waals surface area contributed by atoms with Crippen molar-refractivity contribution in [3.63, 3.8) is 0 Å². The van der Waals surface area contributed by atoms with E-state index in [0.717, 1.165) is 26.7 Å². The fourth-order valence-corrected chi connectivity index (χ4v) is 6.77. The average Bonchev–Trinajstić information content (AvgIpc) is 3.51. The van der Waals surface area contributed by atoms with Crippen molar-refractivity contribution in [2.75, 3.05) is 63.6 Å². The Morgan fingerprint density at radius 1 is 1.08 bits per heavy atom. The lowest BCUT2D eigenvalue weighted by molar-refractivity contribution is 0.122. The van der Waals surface area contributed by atoms with Gasteiger partial charge < -0.3 is 14.6 Å². The number of hydrogen-bond donors (Lipinski definition) is 1. The lowest BCUT2D eigenvalue weighted by Crippen LogP contribution is -2.47. The number of ether oxygens (including phenoxy) is 1. The van der Waals surface area contributed by atoms with Crippen molar-refractivity contribution >= 4 is 48.4 Å². The highest BCUT2D eigenvalue weighted by molar-refractivity contribution is 7.88. The minimum atomic E-state index is -3.18. The van der Waals surface area contributed by atoms with E-state index in [0.29, 0.717) is 76.2 Å². The fraction of sp³-hybridized carbons (Fsp3) is 0.417. The van der Waals surface area contributed by atoms with E-state index in [4.69, 9.17) is 14.7 Å². The zero-order valence-corrected chi connectivity index (χ0v) is 21.5. The summed E-state index contributed by atoms with van der Waals surface area (Å²) < 4.78 is 47.0. The monoisotopic (exact) mass is 530 g/mol. The number of aromatic nitrogens is 3. The second-order valence-electron chi connectivity index (χ2n) is 9.21. The third-order valence-corrected chi connectivity index (χ3v) is 9.21. The van der Waals surface area contributed by atoms with Gasteiger partial charge in [-0.3, -0.25) is 4.90 Å². The van der Waals surface area contributed by atoms with E-state index >= 15 is 4.39 Å². The van der Waals surface area contributed by atoms with Crippen LogP contribution in [-0.2, 0) is 21.3 Å². The zero-order valence-electron chi connectivity index (χ0n) is 19.9. The second-order valence-corrected chi connectivity index (χ2v) is 12.1. The number of nitrogens with one attached hydrogen (secondary N) is 1. The largest absolute Gasteiger partial charge is 0.378 e. The Labute approximate surface area is 212 Å². The van der Waals surface area contributed by atoms with E-state index in [-0.39, 0.29) is 5.82 Å². The molecule has 2 fully saturated rings. The van der Waals surface area contributed by atoms with Crippen molar-refractivity contribution in [2.24, 2.45) is 0 Å². The van der Waals surface area contributed by atoms with Crippen molar-refractivity contribution in [3.8, 4) is 11.3 Å². The normalized spacial score (nSPS) is 18.4. The summed E-state index contributed by atoms with van der Waals surface area (Å²) in [6.45, 7) is 5.43. The molecule has 0 bridgehead atoms. The van der Waals surface area contributed by atoms with Crippen molar-refractivity contribution in [1.29, 1.82) is 0 Å². The zero-order chi connectivity index (χ0) is 24.9. The number of sulfonamides is 1. The summed E-state index contributed by atoms with van der Waals surface area (Å²) in [7, 11) is -3.18. The quantitative estimate of drug-likeness (QED) is 0.424. The number of benzene rings is 1. The Kier molecular flexibility index (Phi) is 6.16. The number of thiophene rings is 1. The predicted molar refractivity (Wildman–Crippen MR) is 139 cm³/mol. The molecular weight excluding hydrogens is 503 g/mol. The number of fused-ring (bicyclic) bond motifs is 2. The molecule has 2 aliphatic rings. The molecule has 0 aliphatic carbocycles. The Hall–Kier alpha value is -2.64. The molecule has 0 amide bonds. The third-order valence-electron chi connectivity index (χ3n) is 6.89. The van der Waals surface area contributed by atoms with Crippen LogP contribution >= 0.6 is 11.3 Å². The van der Waals surface area contributed by atoms with Crippen LogP contribution in [0.15, 0.2) is 29.8 Å². The summed E-state index contributed by atoms with van der Waals surface area (Å²) in [5, 5.41) is 2.86. The molecule has 0 saturated carbocycles. The molecule has 0 spiro atoms. The lowest BCUT2D eigenvalue weighted by Gasteiger charge is -2.33. The molecule has 3 aromatic heterocycles. The van der Waals surface area contributed by atoms with Crippen LogP contribution in [0.2, 0.25) is 0 Å². The summed E-state index contributed by atoms with van der Waals surface area (Å²) in [6.07, 6.45) is 3.07. The highest BCUT2D eigenvalue weighted by atomic mass is 32.2. The van der Waals surface area contributed by atoms with Gasteiger partial charge in [0.05, 0.1) is 35.4 Å². The first-order valence-corrected chi connectivity index (χ1v) is 14.7. The van der Waals surface area contributed by atoms with Crippen LogP contribution < -0.4 is 4.90 Å². The Morgan fingerprint density at radius 2 is 1.86 bits per heavy atom. The third kappa shape index (κ3) is 4.37. The molecule has 190 valence electrons. The number of nitrogens with zero attached hydrogens (tertiary/aromatic N) is 5. The fourth-order valence-electron chi connectivity index (χ4n) is 4.95. The van der Waals surface area contributed by atoms with E-state index in [1.807, 2.05) is 12.3 Å².